The molecule has 0 saturated carbocycles. The third-order valence-electron chi connectivity index (χ3n) is 5.33. The lowest BCUT2D eigenvalue weighted by molar-refractivity contribution is 0.110. The molecule has 3 amide bonds. The van der Waals surface area contributed by atoms with Gasteiger partial charge in [-0.2, -0.15) is 5.10 Å². The van der Waals surface area contributed by atoms with Gasteiger partial charge in [-0.05, 0) is 31.9 Å². The highest BCUT2D eigenvalue weighted by Crippen LogP contribution is 2.31. The van der Waals surface area contributed by atoms with Crippen LogP contribution in [0.25, 0.3) is 5.69 Å². The highest BCUT2D eigenvalue weighted by atomic mass is 16.5. The zero-order chi connectivity index (χ0) is 21.9. The summed E-state index contributed by atoms with van der Waals surface area (Å²) in [6.07, 6.45) is 1.05. The first-order valence-electron chi connectivity index (χ1n) is 10.3. The summed E-state index contributed by atoms with van der Waals surface area (Å²) in [5, 5.41) is 10.8. The molecule has 30 heavy (non-hydrogen) atoms. The Morgan fingerprint density at radius 3 is 2.33 bits per heavy atom. The van der Waals surface area contributed by atoms with Gasteiger partial charge in [-0.3, -0.25) is 5.32 Å². The van der Waals surface area contributed by atoms with Crippen molar-refractivity contribution in [3.8, 4) is 5.69 Å². The van der Waals surface area contributed by atoms with Gasteiger partial charge in [0, 0.05) is 30.1 Å². The molecule has 0 atom stereocenters. The minimum atomic E-state index is -0.324. The maximum Gasteiger partial charge on any atom is 0.409 e. The van der Waals surface area contributed by atoms with E-state index in [1.54, 1.807) is 9.58 Å². The predicted octanol–water partition coefficient (Wildman–Crippen LogP) is 3.83. The summed E-state index contributed by atoms with van der Waals surface area (Å²) in [5.41, 5.74) is 2.62. The molecule has 0 radical (unpaired) electrons. The van der Waals surface area contributed by atoms with Crippen molar-refractivity contribution in [3.05, 3.63) is 41.6 Å². The number of carbonyl (C=O) groups is 2. The van der Waals surface area contributed by atoms with E-state index in [2.05, 4.69) is 31.4 Å². The molecule has 3 rings (SSSR count). The van der Waals surface area contributed by atoms with E-state index in [9.17, 15) is 9.59 Å². The third kappa shape index (κ3) is 4.75. The molecule has 0 spiro atoms. The smallest absolute Gasteiger partial charge is 0.409 e. The number of amides is 3. The normalized spacial score (nSPS) is 15.0. The Bertz CT molecular complexity index is 893. The number of ether oxygens (including phenoxy) is 1. The van der Waals surface area contributed by atoms with Gasteiger partial charge < -0.3 is 15.0 Å². The zero-order valence-electron chi connectivity index (χ0n) is 18.4. The van der Waals surface area contributed by atoms with E-state index in [0.717, 1.165) is 16.9 Å². The summed E-state index contributed by atoms with van der Waals surface area (Å²) in [4.78, 5) is 26.1. The molecule has 1 aromatic heterocycles. The number of rotatable bonds is 3. The second-order valence-electron chi connectivity index (χ2n) is 8.65. The molecule has 2 N–H and O–H groups in total. The van der Waals surface area contributed by atoms with Crippen LogP contribution in [-0.4, -0.2) is 53.0 Å². The fourth-order valence-electron chi connectivity index (χ4n) is 3.78. The van der Waals surface area contributed by atoms with Crippen molar-refractivity contribution in [2.24, 2.45) is 0 Å². The van der Waals surface area contributed by atoms with E-state index >= 15 is 0 Å². The average molecular weight is 414 g/mol. The molecule has 1 saturated heterocycles. The number of hydrogen-bond acceptors (Lipinski definition) is 4. The van der Waals surface area contributed by atoms with E-state index in [0.29, 0.717) is 31.7 Å². The molecule has 0 bridgehead atoms. The molecule has 8 heteroatoms. The van der Waals surface area contributed by atoms with Gasteiger partial charge in [-0.15, -0.1) is 0 Å². The molecule has 1 fully saturated rings. The molecular formula is C22H31N5O3. The first-order chi connectivity index (χ1) is 14.2. The Morgan fingerprint density at radius 1 is 1.13 bits per heavy atom. The number of hydrogen-bond donors (Lipinski definition) is 2. The van der Waals surface area contributed by atoms with Crippen LogP contribution in [0.4, 0.5) is 15.4 Å². The quantitative estimate of drug-likeness (QED) is 0.800. The number of nitrogens with one attached hydrogen (secondary N) is 2. The van der Waals surface area contributed by atoms with Gasteiger partial charge in [-0.1, -0.05) is 39.0 Å². The summed E-state index contributed by atoms with van der Waals surface area (Å²) < 4.78 is 6.55. The number of aromatic nitrogens is 2. The predicted molar refractivity (Wildman–Crippen MR) is 116 cm³/mol. The maximum absolute atomic E-state index is 12.8. The maximum atomic E-state index is 12.8. The van der Waals surface area contributed by atoms with Gasteiger partial charge in [0.05, 0.1) is 18.5 Å². The van der Waals surface area contributed by atoms with Crippen LogP contribution in [0.2, 0.25) is 0 Å². The topological polar surface area (TPSA) is 88.5 Å². The fourth-order valence-corrected chi connectivity index (χ4v) is 3.78. The van der Waals surface area contributed by atoms with Crippen LogP contribution < -0.4 is 10.6 Å². The molecule has 2 heterocycles. The zero-order valence-corrected chi connectivity index (χ0v) is 18.4. The van der Waals surface area contributed by atoms with Crippen LogP contribution in [0.3, 0.4) is 0 Å². The molecule has 0 unspecified atom stereocenters. The number of urea groups is 1. The lowest BCUT2D eigenvalue weighted by atomic mass is 9.90. The van der Waals surface area contributed by atoms with Crippen LogP contribution in [0.5, 0.6) is 0 Å². The number of anilines is 1. The molecule has 1 aliphatic heterocycles. The van der Waals surface area contributed by atoms with Crippen LogP contribution in [0, 0.1) is 6.92 Å². The number of carbonyl (C=O) groups excluding carboxylic acids is 2. The summed E-state index contributed by atoms with van der Waals surface area (Å²) in [6, 6.07) is 9.50. The van der Waals surface area contributed by atoms with Crippen molar-refractivity contribution in [3.63, 3.8) is 0 Å². The van der Waals surface area contributed by atoms with Crippen LogP contribution in [0.1, 0.15) is 44.9 Å². The fraction of sp³-hybridized carbons (Fsp3) is 0.500. The largest absolute Gasteiger partial charge is 0.453 e. The van der Waals surface area contributed by atoms with E-state index in [-0.39, 0.29) is 23.6 Å². The lowest BCUT2D eigenvalue weighted by Crippen LogP contribution is -2.47. The standard InChI is InChI=1S/C22H31N5O3/c1-15-18(22(2,3)4)25-27(17-9-7-6-8-10-17)19(15)24-20(28)23-16-11-13-26(14-12-16)21(29)30-5/h6-10,16H,11-14H2,1-5H3,(H2,23,24,28). The van der Waals surface area contributed by atoms with Gasteiger partial charge in [0.25, 0.3) is 0 Å². The second-order valence-corrected chi connectivity index (χ2v) is 8.65. The van der Waals surface area contributed by atoms with Crippen molar-refractivity contribution >= 4 is 17.9 Å². The Morgan fingerprint density at radius 2 is 1.77 bits per heavy atom. The molecule has 2 aromatic rings. The molecular weight excluding hydrogens is 382 g/mol. The Labute approximate surface area is 177 Å². The molecule has 0 aliphatic carbocycles. The number of methoxy groups -OCH3 is 1. The number of para-hydroxylation sites is 1. The highest BCUT2D eigenvalue weighted by molar-refractivity contribution is 5.90. The van der Waals surface area contributed by atoms with E-state index in [1.165, 1.54) is 7.11 Å². The number of piperidine rings is 1. The van der Waals surface area contributed by atoms with Gasteiger partial charge in [0.2, 0.25) is 0 Å². The first kappa shape index (κ1) is 21.7. The molecule has 162 valence electrons. The number of nitrogens with zero attached hydrogens (tertiary/aromatic N) is 3. The monoisotopic (exact) mass is 413 g/mol. The Kier molecular flexibility index (Phi) is 6.34. The van der Waals surface area contributed by atoms with E-state index in [1.807, 2.05) is 37.3 Å². The summed E-state index contributed by atoms with van der Waals surface area (Å²) >= 11 is 0. The van der Waals surface area contributed by atoms with Crippen molar-refractivity contribution in [2.75, 3.05) is 25.5 Å². The third-order valence-corrected chi connectivity index (χ3v) is 5.33. The molecule has 1 aliphatic rings. The average Bonchev–Trinajstić information content (AvgIpc) is 3.05. The highest BCUT2D eigenvalue weighted by Gasteiger charge is 2.27. The number of likely N-dealkylation sites (tertiary alicyclic amines) is 1. The minimum Gasteiger partial charge on any atom is -0.453 e. The van der Waals surface area contributed by atoms with Gasteiger partial charge >= 0.3 is 12.1 Å². The molecule has 1 aromatic carbocycles. The Balaban J connectivity index is 1.75. The van der Waals surface area contributed by atoms with Gasteiger partial charge in [0.15, 0.2) is 0 Å². The van der Waals surface area contributed by atoms with Crippen molar-refractivity contribution in [1.82, 2.24) is 20.0 Å². The Hall–Kier alpha value is -3.03. The summed E-state index contributed by atoms with van der Waals surface area (Å²) in [7, 11) is 1.38. The first-order valence-corrected chi connectivity index (χ1v) is 10.3. The summed E-state index contributed by atoms with van der Waals surface area (Å²) in [5.74, 6) is 0.663. The SMILES string of the molecule is COC(=O)N1CCC(NC(=O)Nc2c(C)c(C(C)(C)C)nn2-c2ccccc2)CC1. The van der Waals surface area contributed by atoms with Crippen molar-refractivity contribution in [2.45, 2.75) is 52.0 Å². The lowest BCUT2D eigenvalue weighted by Gasteiger charge is -2.31. The second kappa shape index (κ2) is 8.77. The van der Waals surface area contributed by atoms with Crippen LogP contribution in [0.15, 0.2) is 30.3 Å². The van der Waals surface area contributed by atoms with Gasteiger partial charge in [-0.25, -0.2) is 14.3 Å². The number of benzene rings is 1. The minimum absolute atomic E-state index is 0.00129. The van der Waals surface area contributed by atoms with Crippen LogP contribution >= 0.6 is 0 Å². The van der Waals surface area contributed by atoms with E-state index in [4.69, 9.17) is 9.84 Å². The summed E-state index contributed by atoms with van der Waals surface area (Å²) in [6.45, 7) is 9.43. The molecule has 8 nitrogen and oxygen atoms in total. The van der Waals surface area contributed by atoms with Gasteiger partial charge in [0.1, 0.15) is 5.82 Å². The van der Waals surface area contributed by atoms with Crippen molar-refractivity contribution in [1.29, 1.82) is 0 Å². The van der Waals surface area contributed by atoms with E-state index < -0.39 is 0 Å². The van der Waals surface area contributed by atoms with Crippen LogP contribution in [-0.2, 0) is 10.2 Å². The van der Waals surface area contributed by atoms with Crippen molar-refractivity contribution < 1.29 is 14.3 Å².